The van der Waals surface area contributed by atoms with Crippen LogP contribution in [0.25, 0.3) is 0 Å². The molecule has 0 unspecified atom stereocenters. The van der Waals surface area contributed by atoms with Crippen molar-refractivity contribution >= 4 is 5.91 Å². The molecule has 2 rings (SSSR count). The third-order valence-corrected chi connectivity index (χ3v) is 5.22. The lowest BCUT2D eigenvalue weighted by Gasteiger charge is -2.37. The molecule has 128 valence electrons. The van der Waals surface area contributed by atoms with E-state index in [9.17, 15) is 4.79 Å². The predicted molar refractivity (Wildman–Crippen MR) is 94.8 cm³/mol. The summed E-state index contributed by atoms with van der Waals surface area (Å²) in [5.74, 6) is 1.75. The minimum atomic E-state index is 0.137. The maximum Gasteiger partial charge on any atom is 0.224 e. The predicted octanol–water partition coefficient (Wildman–Crippen LogP) is 4.27. The van der Waals surface area contributed by atoms with Gasteiger partial charge in [0.05, 0.1) is 13.5 Å². The molecule has 0 spiro atoms. The first kappa shape index (κ1) is 17.8. The fourth-order valence-electron chi connectivity index (χ4n) is 3.55. The number of carbonyl (C=O) groups is 1. The minimum Gasteiger partial charge on any atom is -0.497 e. The molecule has 0 saturated heterocycles. The second-order valence-corrected chi connectivity index (χ2v) is 7.95. The number of hydrogen-bond acceptors (Lipinski definition) is 2. The summed E-state index contributed by atoms with van der Waals surface area (Å²) in [4.78, 5) is 12.3. The zero-order valence-electron chi connectivity index (χ0n) is 15.2. The Hall–Kier alpha value is -1.51. The molecule has 1 amide bonds. The van der Waals surface area contributed by atoms with Crippen molar-refractivity contribution in [2.45, 2.75) is 65.8 Å². The Morgan fingerprint density at radius 3 is 2.39 bits per heavy atom. The van der Waals surface area contributed by atoms with Crippen molar-refractivity contribution in [3.05, 3.63) is 29.3 Å². The summed E-state index contributed by atoms with van der Waals surface area (Å²) in [5, 5.41) is 3.22. The van der Waals surface area contributed by atoms with Crippen molar-refractivity contribution in [3.8, 4) is 5.75 Å². The minimum absolute atomic E-state index is 0.137. The number of hydrogen-bond donors (Lipinski definition) is 1. The van der Waals surface area contributed by atoms with Gasteiger partial charge in [-0.3, -0.25) is 4.79 Å². The first-order chi connectivity index (χ1) is 10.8. The molecule has 0 bridgehead atoms. The molecule has 1 aliphatic carbocycles. The van der Waals surface area contributed by atoms with E-state index in [1.807, 2.05) is 25.1 Å². The van der Waals surface area contributed by atoms with Gasteiger partial charge in [0, 0.05) is 6.04 Å². The summed E-state index contributed by atoms with van der Waals surface area (Å²) in [6.45, 7) is 8.99. The van der Waals surface area contributed by atoms with E-state index in [0.717, 1.165) is 35.6 Å². The maximum absolute atomic E-state index is 12.3. The van der Waals surface area contributed by atoms with Crippen LogP contribution in [0, 0.1) is 18.3 Å². The first-order valence-electron chi connectivity index (χ1n) is 8.72. The highest BCUT2D eigenvalue weighted by atomic mass is 16.5. The van der Waals surface area contributed by atoms with Gasteiger partial charge in [-0.1, -0.05) is 26.8 Å². The standard InChI is InChI=1S/C20H31NO2/c1-14-12-18(23-5)11-6-15(14)13-19(22)21-17-9-7-16(8-10-17)20(2,3)4/h6,11-12,16-17H,7-10,13H2,1-5H3,(H,21,22). The van der Waals surface area contributed by atoms with Gasteiger partial charge in [-0.15, -0.1) is 0 Å². The number of rotatable bonds is 4. The van der Waals surface area contributed by atoms with E-state index >= 15 is 0 Å². The third-order valence-electron chi connectivity index (χ3n) is 5.22. The molecular weight excluding hydrogens is 286 g/mol. The number of aryl methyl sites for hydroxylation is 1. The maximum atomic E-state index is 12.3. The summed E-state index contributed by atoms with van der Waals surface area (Å²) in [6.07, 6.45) is 5.10. The highest BCUT2D eigenvalue weighted by Crippen LogP contribution is 2.37. The van der Waals surface area contributed by atoms with Gasteiger partial charge in [-0.05, 0) is 67.2 Å². The number of amides is 1. The Labute approximate surface area is 140 Å². The van der Waals surface area contributed by atoms with Gasteiger partial charge in [0.15, 0.2) is 0 Å². The summed E-state index contributed by atoms with van der Waals surface area (Å²) < 4.78 is 5.21. The average molecular weight is 317 g/mol. The van der Waals surface area contributed by atoms with E-state index in [4.69, 9.17) is 4.74 Å². The van der Waals surface area contributed by atoms with E-state index in [1.165, 1.54) is 12.8 Å². The van der Waals surface area contributed by atoms with Crippen LogP contribution in [-0.4, -0.2) is 19.1 Å². The summed E-state index contributed by atoms with van der Waals surface area (Å²) >= 11 is 0. The van der Waals surface area contributed by atoms with E-state index in [2.05, 4.69) is 26.1 Å². The van der Waals surface area contributed by atoms with Crippen LogP contribution in [0.4, 0.5) is 0 Å². The summed E-state index contributed by atoms with van der Waals surface area (Å²) in [6, 6.07) is 6.24. The van der Waals surface area contributed by atoms with E-state index in [0.29, 0.717) is 17.9 Å². The third kappa shape index (κ3) is 4.98. The molecule has 1 aliphatic rings. The lowest BCUT2D eigenvalue weighted by atomic mass is 9.71. The van der Waals surface area contributed by atoms with Crippen LogP contribution < -0.4 is 10.1 Å². The smallest absolute Gasteiger partial charge is 0.224 e. The Kier molecular flexibility index (Phi) is 5.72. The molecular formula is C20H31NO2. The molecule has 1 saturated carbocycles. The van der Waals surface area contributed by atoms with Crippen molar-refractivity contribution in [2.75, 3.05) is 7.11 Å². The topological polar surface area (TPSA) is 38.3 Å². The van der Waals surface area contributed by atoms with Gasteiger partial charge in [-0.25, -0.2) is 0 Å². The Morgan fingerprint density at radius 2 is 1.87 bits per heavy atom. The molecule has 23 heavy (non-hydrogen) atoms. The van der Waals surface area contributed by atoms with Gasteiger partial charge >= 0.3 is 0 Å². The van der Waals surface area contributed by atoms with Crippen molar-refractivity contribution < 1.29 is 9.53 Å². The Bertz CT molecular complexity index is 537. The zero-order valence-corrected chi connectivity index (χ0v) is 15.2. The highest BCUT2D eigenvalue weighted by Gasteiger charge is 2.30. The Balaban J connectivity index is 1.84. The SMILES string of the molecule is COc1ccc(CC(=O)NC2CCC(C(C)(C)C)CC2)c(C)c1. The number of benzene rings is 1. The average Bonchev–Trinajstić information content (AvgIpc) is 2.49. The number of methoxy groups -OCH3 is 1. The van der Waals surface area contributed by atoms with E-state index in [1.54, 1.807) is 7.11 Å². The lowest BCUT2D eigenvalue weighted by Crippen LogP contribution is -2.40. The highest BCUT2D eigenvalue weighted by molar-refractivity contribution is 5.79. The Morgan fingerprint density at radius 1 is 1.22 bits per heavy atom. The first-order valence-corrected chi connectivity index (χ1v) is 8.72. The van der Waals surface area contributed by atoms with E-state index in [-0.39, 0.29) is 5.91 Å². The van der Waals surface area contributed by atoms with Gasteiger partial charge < -0.3 is 10.1 Å². The van der Waals surface area contributed by atoms with Crippen molar-refractivity contribution in [1.29, 1.82) is 0 Å². The summed E-state index contributed by atoms with van der Waals surface area (Å²) in [7, 11) is 1.66. The second-order valence-electron chi connectivity index (χ2n) is 7.95. The number of ether oxygens (including phenoxy) is 1. The van der Waals surface area contributed by atoms with Crippen LogP contribution in [0.3, 0.4) is 0 Å². The molecule has 0 radical (unpaired) electrons. The normalized spacial score (nSPS) is 21.8. The van der Waals surface area contributed by atoms with E-state index < -0.39 is 0 Å². The lowest BCUT2D eigenvalue weighted by molar-refractivity contribution is -0.121. The molecule has 0 heterocycles. The molecule has 0 atom stereocenters. The van der Waals surface area contributed by atoms with Crippen LogP contribution in [0.5, 0.6) is 5.75 Å². The number of carbonyl (C=O) groups excluding carboxylic acids is 1. The van der Waals surface area contributed by atoms with Gasteiger partial charge in [0.25, 0.3) is 0 Å². The molecule has 3 heteroatoms. The van der Waals surface area contributed by atoms with Gasteiger partial charge in [0.2, 0.25) is 5.91 Å². The second kappa shape index (κ2) is 7.37. The summed E-state index contributed by atoms with van der Waals surface area (Å²) in [5.41, 5.74) is 2.57. The zero-order chi connectivity index (χ0) is 17.0. The van der Waals surface area contributed by atoms with Crippen LogP contribution in [-0.2, 0) is 11.2 Å². The largest absolute Gasteiger partial charge is 0.497 e. The van der Waals surface area contributed by atoms with Crippen molar-refractivity contribution in [3.63, 3.8) is 0 Å². The molecule has 3 nitrogen and oxygen atoms in total. The fraction of sp³-hybridized carbons (Fsp3) is 0.650. The van der Waals surface area contributed by atoms with Crippen molar-refractivity contribution in [1.82, 2.24) is 5.32 Å². The number of nitrogens with one attached hydrogen (secondary N) is 1. The molecule has 1 N–H and O–H groups in total. The fourth-order valence-corrected chi connectivity index (χ4v) is 3.55. The quantitative estimate of drug-likeness (QED) is 0.900. The monoisotopic (exact) mass is 317 g/mol. The van der Waals surface area contributed by atoms with Crippen LogP contribution in [0.15, 0.2) is 18.2 Å². The van der Waals surface area contributed by atoms with Gasteiger partial charge in [0.1, 0.15) is 5.75 Å². The van der Waals surface area contributed by atoms with Crippen LogP contribution in [0.2, 0.25) is 0 Å². The molecule has 0 aliphatic heterocycles. The molecule has 0 aromatic heterocycles. The molecule has 1 fully saturated rings. The van der Waals surface area contributed by atoms with Gasteiger partial charge in [-0.2, -0.15) is 0 Å². The molecule has 1 aromatic rings. The van der Waals surface area contributed by atoms with Crippen molar-refractivity contribution in [2.24, 2.45) is 11.3 Å². The molecule has 1 aromatic carbocycles. The van der Waals surface area contributed by atoms with Crippen LogP contribution in [0.1, 0.15) is 57.6 Å². The van der Waals surface area contributed by atoms with Crippen LogP contribution >= 0.6 is 0 Å².